The van der Waals surface area contributed by atoms with Gasteiger partial charge in [0.05, 0.1) is 19.3 Å². The van der Waals surface area contributed by atoms with Crippen LogP contribution in [-0.2, 0) is 13.1 Å². The molecule has 158 valence electrons. The van der Waals surface area contributed by atoms with Crippen molar-refractivity contribution < 1.29 is 17.9 Å². The number of ether oxygens (including phenoxy) is 1. The van der Waals surface area contributed by atoms with Crippen LogP contribution in [0.4, 0.5) is 13.2 Å². The van der Waals surface area contributed by atoms with E-state index >= 15 is 0 Å². The van der Waals surface area contributed by atoms with Gasteiger partial charge in [0.15, 0.2) is 0 Å². The topological polar surface area (TPSA) is 37.7 Å². The van der Waals surface area contributed by atoms with Crippen molar-refractivity contribution in [2.24, 2.45) is 5.10 Å². The van der Waals surface area contributed by atoms with Gasteiger partial charge in [-0.2, -0.15) is 5.10 Å². The van der Waals surface area contributed by atoms with E-state index in [1.54, 1.807) is 12.1 Å². The average molecular weight is 423 g/mol. The first-order valence-electron chi connectivity index (χ1n) is 10.2. The summed E-state index contributed by atoms with van der Waals surface area (Å²) in [5.41, 5.74) is 6.33. The van der Waals surface area contributed by atoms with Gasteiger partial charge in [-0.3, -0.25) is 9.99 Å². The van der Waals surface area contributed by atoms with Gasteiger partial charge in [-0.05, 0) is 64.9 Å². The molecule has 1 fully saturated rings. The average Bonchev–Trinajstić information content (AvgIpc) is 3.58. The van der Waals surface area contributed by atoms with Crippen LogP contribution in [-0.4, -0.2) is 22.6 Å². The van der Waals surface area contributed by atoms with Crippen molar-refractivity contribution in [1.29, 1.82) is 0 Å². The Morgan fingerprint density at radius 3 is 2.52 bits per heavy atom. The largest absolute Gasteiger partial charge is 0.573 e. The molecule has 0 spiro atoms. The second-order valence-electron chi connectivity index (χ2n) is 7.88. The normalized spacial score (nSPS) is 15.6. The van der Waals surface area contributed by atoms with Gasteiger partial charge in [-0.1, -0.05) is 30.3 Å². The van der Waals surface area contributed by atoms with Gasteiger partial charge in [0, 0.05) is 17.8 Å². The van der Waals surface area contributed by atoms with Crippen molar-refractivity contribution in [3.8, 4) is 16.9 Å². The minimum atomic E-state index is -4.69. The molecule has 31 heavy (non-hydrogen) atoms. The summed E-state index contributed by atoms with van der Waals surface area (Å²) in [6, 6.07) is 16.0. The fraction of sp³-hybridized carbons (Fsp3) is 0.250. The highest BCUT2D eigenvalue weighted by Gasteiger charge is 2.31. The van der Waals surface area contributed by atoms with Gasteiger partial charge in [-0.15, -0.1) is 13.2 Å². The number of rotatable bonds is 5. The number of pyridine rings is 1. The summed E-state index contributed by atoms with van der Waals surface area (Å²) in [6.45, 7) is 1.36. The summed E-state index contributed by atoms with van der Waals surface area (Å²) in [7, 11) is 0. The number of benzene rings is 2. The minimum absolute atomic E-state index is 0.226. The van der Waals surface area contributed by atoms with Gasteiger partial charge in [-0.25, -0.2) is 0 Å². The smallest absolute Gasteiger partial charge is 0.406 e. The zero-order chi connectivity index (χ0) is 21.4. The van der Waals surface area contributed by atoms with Gasteiger partial charge in [0.2, 0.25) is 0 Å². The number of halogens is 3. The van der Waals surface area contributed by atoms with E-state index in [1.807, 2.05) is 35.6 Å². The molecule has 1 saturated carbocycles. The maximum atomic E-state index is 12.4. The molecule has 0 N–H and O–H groups in total. The third-order valence-electron chi connectivity index (χ3n) is 5.52. The zero-order valence-electron chi connectivity index (χ0n) is 16.6. The highest BCUT2D eigenvalue weighted by atomic mass is 19.4. The number of hydrogen-bond donors (Lipinski definition) is 0. The maximum absolute atomic E-state index is 12.4. The van der Waals surface area contributed by atoms with E-state index in [0.717, 1.165) is 22.3 Å². The molecule has 0 radical (unpaired) electrons. The van der Waals surface area contributed by atoms with Crippen LogP contribution in [0.25, 0.3) is 11.1 Å². The molecule has 0 saturated heterocycles. The van der Waals surface area contributed by atoms with Crippen LogP contribution in [0.2, 0.25) is 0 Å². The molecular formula is C24H20F3N3O. The molecule has 5 rings (SSSR count). The van der Waals surface area contributed by atoms with E-state index in [0.29, 0.717) is 19.0 Å². The Morgan fingerprint density at radius 2 is 1.77 bits per heavy atom. The molecule has 3 aromatic rings. The van der Waals surface area contributed by atoms with Crippen LogP contribution < -0.4 is 4.74 Å². The molecule has 0 unspecified atom stereocenters. The molecule has 4 nitrogen and oxygen atoms in total. The fourth-order valence-electron chi connectivity index (χ4n) is 3.88. The first kappa shape index (κ1) is 19.6. The fourth-order valence-corrected chi connectivity index (χ4v) is 3.88. The van der Waals surface area contributed by atoms with E-state index < -0.39 is 6.36 Å². The maximum Gasteiger partial charge on any atom is 0.573 e. The van der Waals surface area contributed by atoms with Crippen molar-refractivity contribution >= 4 is 6.21 Å². The Balaban J connectivity index is 1.33. The lowest BCUT2D eigenvalue weighted by atomic mass is 9.98. The lowest BCUT2D eigenvalue weighted by molar-refractivity contribution is -0.274. The van der Waals surface area contributed by atoms with E-state index in [1.165, 1.54) is 36.2 Å². The number of alkyl halides is 3. The predicted molar refractivity (Wildman–Crippen MR) is 112 cm³/mol. The number of nitrogens with zero attached hydrogens (tertiary/aromatic N) is 3. The van der Waals surface area contributed by atoms with Crippen LogP contribution in [0, 0.1) is 0 Å². The van der Waals surface area contributed by atoms with Gasteiger partial charge in [0.25, 0.3) is 0 Å². The first-order valence-corrected chi connectivity index (χ1v) is 10.2. The Morgan fingerprint density at radius 1 is 1.00 bits per heavy atom. The molecular weight excluding hydrogens is 403 g/mol. The minimum Gasteiger partial charge on any atom is -0.406 e. The van der Waals surface area contributed by atoms with Crippen molar-refractivity contribution in [2.75, 3.05) is 0 Å². The molecule has 1 aromatic heterocycles. The summed E-state index contributed by atoms with van der Waals surface area (Å²) in [5, 5.41) is 6.62. The highest BCUT2D eigenvalue weighted by molar-refractivity contribution is 5.84. The molecule has 1 aliphatic carbocycles. The molecule has 2 heterocycles. The molecule has 0 amide bonds. The number of hydrogen-bond acceptors (Lipinski definition) is 4. The van der Waals surface area contributed by atoms with E-state index in [-0.39, 0.29) is 5.75 Å². The monoisotopic (exact) mass is 423 g/mol. The van der Waals surface area contributed by atoms with Gasteiger partial charge < -0.3 is 4.74 Å². The lowest BCUT2D eigenvalue weighted by Crippen LogP contribution is -2.22. The van der Waals surface area contributed by atoms with Crippen molar-refractivity contribution in [3.05, 3.63) is 83.2 Å². The second kappa shape index (κ2) is 7.72. The van der Waals surface area contributed by atoms with Crippen LogP contribution in [0.15, 0.2) is 65.9 Å². The van der Waals surface area contributed by atoms with E-state index in [2.05, 4.69) is 27.0 Å². The summed E-state index contributed by atoms with van der Waals surface area (Å²) >= 11 is 0. The summed E-state index contributed by atoms with van der Waals surface area (Å²) < 4.78 is 41.1. The lowest BCUT2D eigenvalue weighted by Gasteiger charge is -2.25. The first-order chi connectivity index (χ1) is 14.9. The Hall–Kier alpha value is -3.35. The van der Waals surface area contributed by atoms with Crippen LogP contribution in [0.5, 0.6) is 5.75 Å². The summed E-state index contributed by atoms with van der Waals surface area (Å²) in [5.74, 6) is 0.351. The number of hydrazone groups is 1. The second-order valence-corrected chi connectivity index (χ2v) is 7.88. The highest BCUT2D eigenvalue weighted by Crippen LogP contribution is 2.40. The molecule has 7 heteroatoms. The Labute approximate surface area is 178 Å². The molecule has 2 aromatic carbocycles. The Kier molecular flexibility index (Phi) is 4.88. The van der Waals surface area contributed by atoms with Crippen LogP contribution in [0.1, 0.15) is 41.1 Å². The van der Waals surface area contributed by atoms with Crippen molar-refractivity contribution in [3.63, 3.8) is 0 Å². The number of fused-ring (bicyclic) bond motifs is 1. The van der Waals surface area contributed by atoms with E-state index in [9.17, 15) is 13.2 Å². The summed E-state index contributed by atoms with van der Waals surface area (Å²) in [6.07, 6.45) is 1.42. The molecule has 2 aliphatic rings. The van der Waals surface area contributed by atoms with Crippen molar-refractivity contribution in [2.45, 2.75) is 38.2 Å². The molecule has 0 bridgehead atoms. The predicted octanol–water partition coefficient (Wildman–Crippen LogP) is 5.87. The van der Waals surface area contributed by atoms with Crippen LogP contribution >= 0.6 is 0 Å². The third kappa shape index (κ3) is 4.55. The summed E-state index contributed by atoms with van der Waals surface area (Å²) in [4.78, 5) is 4.57. The molecule has 0 atom stereocenters. The zero-order valence-corrected chi connectivity index (χ0v) is 16.6. The number of aromatic nitrogens is 1. The van der Waals surface area contributed by atoms with E-state index in [4.69, 9.17) is 0 Å². The molecule has 1 aliphatic heterocycles. The van der Waals surface area contributed by atoms with Gasteiger partial charge >= 0.3 is 6.36 Å². The standard InChI is InChI=1S/C24H20F3N3O/c25-24(26,27)31-22-9-7-16(8-10-22)18-5-6-19-13-29-30(15-21(19)12-18)14-20-2-1-11-28-23(20)17-3-4-17/h1-2,5-13,17H,3-4,14-15H2. The quantitative estimate of drug-likeness (QED) is 0.515. The van der Waals surface area contributed by atoms with Crippen LogP contribution in [0.3, 0.4) is 0 Å². The SMILES string of the molecule is FC(F)(F)Oc1ccc(-c2ccc3c(c2)CN(Cc2cccnc2C2CC2)N=C3)cc1. The van der Waals surface area contributed by atoms with Gasteiger partial charge in [0.1, 0.15) is 5.75 Å². The van der Waals surface area contributed by atoms with Crippen molar-refractivity contribution in [1.82, 2.24) is 9.99 Å². The Bertz CT molecular complexity index is 1120. The third-order valence-corrected chi connectivity index (χ3v) is 5.52.